The summed E-state index contributed by atoms with van der Waals surface area (Å²) in [4.78, 5) is 11.0. The van der Waals surface area contributed by atoms with Crippen molar-refractivity contribution >= 4 is 31.9 Å². The molecule has 0 saturated heterocycles. The van der Waals surface area contributed by atoms with Crippen LogP contribution in [0.1, 0.15) is 6.92 Å². The van der Waals surface area contributed by atoms with Crippen molar-refractivity contribution in [2.24, 2.45) is 0 Å². The fraction of sp³-hybridized carbons (Fsp3) is 0.308. The molecule has 0 saturated carbocycles. The van der Waals surface area contributed by atoms with Gasteiger partial charge in [0, 0.05) is 11.0 Å². The summed E-state index contributed by atoms with van der Waals surface area (Å²) in [5, 5.41) is 0. The summed E-state index contributed by atoms with van der Waals surface area (Å²) in [7, 11) is -4.16. The zero-order valence-electron chi connectivity index (χ0n) is 11.4. The van der Waals surface area contributed by atoms with Crippen molar-refractivity contribution in [1.29, 1.82) is 0 Å². The van der Waals surface area contributed by atoms with Crippen LogP contribution in [-0.2, 0) is 19.6 Å². The van der Waals surface area contributed by atoms with E-state index in [-0.39, 0.29) is 13.2 Å². The Morgan fingerprint density at radius 1 is 1.52 bits per heavy atom. The Balaban J connectivity index is 3.15. The Bertz CT molecular complexity index is 633. The van der Waals surface area contributed by atoms with Crippen molar-refractivity contribution < 1.29 is 22.3 Å². The summed E-state index contributed by atoms with van der Waals surface area (Å²) >= 11 is 3.05. The van der Waals surface area contributed by atoms with Crippen LogP contribution in [0.5, 0.6) is 0 Å². The van der Waals surface area contributed by atoms with E-state index in [0.29, 0.717) is 4.47 Å². The van der Waals surface area contributed by atoms with Gasteiger partial charge in [0.25, 0.3) is 0 Å². The molecule has 0 amide bonds. The molecule has 21 heavy (non-hydrogen) atoms. The molecular weight excluding hydrogens is 365 g/mol. The van der Waals surface area contributed by atoms with Gasteiger partial charge >= 0.3 is 5.97 Å². The SMILES string of the molecule is C=CCN(CC(=O)OCC)S(=O)(=O)c1ccc(Br)cc1F. The molecule has 5 nitrogen and oxygen atoms in total. The minimum atomic E-state index is -4.16. The maximum Gasteiger partial charge on any atom is 0.321 e. The standard InChI is InChI=1S/C13H15BrFNO4S/c1-3-7-16(9-13(17)20-4-2)21(18,19)12-6-5-10(14)8-11(12)15/h3,5-6,8H,1,4,7,9H2,2H3. The van der Waals surface area contributed by atoms with E-state index in [4.69, 9.17) is 4.74 Å². The average molecular weight is 380 g/mol. The zero-order chi connectivity index (χ0) is 16.0. The number of rotatable bonds is 7. The first-order chi connectivity index (χ1) is 9.82. The number of hydrogen-bond acceptors (Lipinski definition) is 4. The molecule has 0 atom stereocenters. The van der Waals surface area contributed by atoms with Crippen molar-refractivity contribution in [3.63, 3.8) is 0 Å². The Hall–Kier alpha value is -1.25. The van der Waals surface area contributed by atoms with Crippen LogP contribution in [0, 0.1) is 5.82 Å². The number of esters is 1. The summed E-state index contributed by atoms with van der Waals surface area (Å²) in [6.07, 6.45) is 1.31. The molecule has 116 valence electrons. The summed E-state index contributed by atoms with van der Waals surface area (Å²) in [6.45, 7) is 4.55. The van der Waals surface area contributed by atoms with E-state index in [9.17, 15) is 17.6 Å². The van der Waals surface area contributed by atoms with Gasteiger partial charge in [0.15, 0.2) is 0 Å². The van der Waals surface area contributed by atoms with Crippen LogP contribution in [-0.4, -0.2) is 38.4 Å². The molecule has 0 spiro atoms. The highest BCUT2D eigenvalue weighted by Gasteiger charge is 2.28. The fourth-order valence-corrected chi connectivity index (χ4v) is 3.30. The molecule has 8 heteroatoms. The molecule has 0 bridgehead atoms. The predicted molar refractivity (Wildman–Crippen MR) is 79.7 cm³/mol. The molecule has 1 rings (SSSR count). The molecular formula is C13H15BrFNO4S. The maximum atomic E-state index is 13.9. The van der Waals surface area contributed by atoms with Crippen LogP contribution in [0.2, 0.25) is 0 Å². The smallest absolute Gasteiger partial charge is 0.321 e. The lowest BCUT2D eigenvalue weighted by Gasteiger charge is -2.20. The van der Waals surface area contributed by atoms with Crippen molar-refractivity contribution in [2.75, 3.05) is 19.7 Å². The molecule has 0 fully saturated rings. The molecule has 0 N–H and O–H groups in total. The van der Waals surface area contributed by atoms with E-state index in [1.54, 1.807) is 6.92 Å². The molecule has 0 aliphatic heterocycles. The van der Waals surface area contributed by atoms with E-state index >= 15 is 0 Å². The average Bonchev–Trinajstić information content (AvgIpc) is 2.38. The normalized spacial score (nSPS) is 11.4. The molecule has 0 aliphatic carbocycles. The lowest BCUT2D eigenvalue weighted by molar-refractivity contribution is -0.143. The van der Waals surface area contributed by atoms with Gasteiger partial charge in [-0.2, -0.15) is 4.31 Å². The van der Waals surface area contributed by atoms with Gasteiger partial charge in [0.1, 0.15) is 17.3 Å². The molecule has 1 aromatic carbocycles. The van der Waals surface area contributed by atoms with Gasteiger partial charge in [0.2, 0.25) is 10.0 Å². The zero-order valence-corrected chi connectivity index (χ0v) is 13.8. The van der Waals surface area contributed by atoms with Crippen molar-refractivity contribution in [1.82, 2.24) is 4.31 Å². The first-order valence-corrected chi connectivity index (χ1v) is 8.28. The van der Waals surface area contributed by atoms with E-state index < -0.39 is 33.3 Å². The topological polar surface area (TPSA) is 63.7 Å². The van der Waals surface area contributed by atoms with Crippen molar-refractivity contribution in [2.45, 2.75) is 11.8 Å². The van der Waals surface area contributed by atoms with Gasteiger partial charge in [-0.1, -0.05) is 22.0 Å². The lowest BCUT2D eigenvalue weighted by Crippen LogP contribution is -2.37. The molecule has 0 radical (unpaired) electrons. The van der Waals surface area contributed by atoms with Crippen LogP contribution < -0.4 is 0 Å². The Kier molecular flexibility index (Phi) is 6.50. The highest BCUT2D eigenvalue weighted by atomic mass is 79.9. The number of nitrogens with zero attached hydrogens (tertiary/aromatic N) is 1. The Morgan fingerprint density at radius 3 is 2.71 bits per heavy atom. The number of halogens is 2. The lowest BCUT2D eigenvalue weighted by atomic mass is 10.3. The van der Waals surface area contributed by atoms with Crippen molar-refractivity contribution in [3.8, 4) is 0 Å². The summed E-state index contributed by atoms with van der Waals surface area (Å²) in [5.74, 6) is -1.61. The minimum Gasteiger partial charge on any atom is -0.465 e. The van der Waals surface area contributed by atoms with Crippen LogP contribution in [0.25, 0.3) is 0 Å². The molecule has 0 unspecified atom stereocenters. The van der Waals surface area contributed by atoms with Gasteiger partial charge in [-0.15, -0.1) is 6.58 Å². The molecule has 0 heterocycles. The number of carbonyl (C=O) groups is 1. The van der Waals surface area contributed by atoms with E-state index in [1.165, 1.54) is 12.1 Å². The van der Waals surface area contributed by atoms with Crippen LogP contribution in [0.3, 0.4) is 0 Å². The first kappa shape index (κ1) is 17.8. The minimum absolute atomic E-state index is 0.128. The molecule has 1 aromatic rings. The first-order valence-electron chi connectivity index (χ1n) is 6.04. The molecule has 0 aromatic heterocycles. The number of sulfonamides is 1. The van der Waals surface area contributed by atoms with Gasteiger partial charge in [-0.3, -0.25) is 4.79 Å². The maximum absolute atomic E-state index is 13.9. The highest BCUT2D eigenvalue weighted by Crippen LogP contribution is 2.22. The number of carbonyl (C=O) groups excluding carboxylic acids is 1. The highest BCUT2D eigenvalue weighted by molar-refractivity contribution is 9.10. The number of benzene rings is 1. The van der Waals surface area contributed by atoms with Crippen LogP contribution in [0.4, 0.5) is 4.39 Å². The predicted octanol–water partition coefficient (Wildman–Crippen LogP) is 2.33. The third-order valence-corrected chi connectivity index (χ3v) is 4.79. The van der Waals surface area contributed by atoms with Crippen LogP contribution in [0.15, 0.2) is 40.2 Å². The van der Waals surface area contributed by atoms with Gasteiger partial charge < -0.3 is 4.74 Å². The summed E-state index contributed by atoms with van der Waals surface area (Å²) in [6, 6.07) is 3.59. The Labute approximate surface area is 131 Å². The van der Waals surface area contributed by atoms with Gasteiger partial charge in [-0.05, 0) is 25.1 Å². The van der Waals surface area contributed by atoms with E-state index in [1.807, 2.05) is 0 Å². The van der Waals surface area contributed by atoms with Gasteiger partial charge in [0.05, 0.1) is 6.61 Å². The van der Waals surface area contributed by atoms with E-state index in [0.717, 1.165) is 16.4 Å². The third kappa shape index (κ3) is 4.62. The Morgan fingerprint density at radius 2 is 2.19 bits per heavy atom. The second-order valence-electron chi connectivity index (χ2n) is 3.97. The third-order valence-electron chi connectivity index (χ3n) is 2.46. The van der Waals surface area contributed by atoms with Gasteiger partial charge in [-0.25, -0.2) is 12.8 Å². The number of ether oxygens (including phenoxy) is 1. The van der Waals surface area contributed by atoms with Crippen molar-refractivity contribution in [3.05, 3.63) is 41.1 Å². The van der Waals surface area contributed by atoms with Crippen LogP contribution >= 0.6 is 15.9 Å². The monoisotopic (exact) mass is 379 g/mol. The number of hydrogen-bond donors (Lipinski definition) is 0. The molecule has 0 aliphatic rings. The van der Waals surface area contributed by atoms with E-state index in [2.05, 4.69) is 22.5 Å². The summed E-state index contributed by atoms with van der Waals surface area (Å²) < 4.78 is 44.6. The quantitative estimate of drug-likeness (QED) is 0.538. The fourth-order valence-electron chi connectivity index (χ4n) is 1.57. The second kappa shape index (κ2) is 7.67. The largest absolute Gasteiger partial charge is 0.465 e. The second-order valence-corrected chi connectivity index (χ2v) is 6.79. The summed E-state index contributed by atoms with van der Waals surface area (Å²) in [5.41, 5.74) is 0.